The number of hydrogen-bond acceptors (Lipinski definition) is 3. The molecule has 0 radical (unpaired) electrons. The third kappa shape index (κ3) is 4.83. The fourth-order valence-corrected chi connectivity index (χ4v) is 4.37. The van der Waals surface area contributed by atoms with Gasteiger partial charge >= 0.3 is 0 Å². The molecule has 4 nitrogen and oxygen atoms in total. The van der Waals surface area contributed by atoms with Gasteiger partial charge in [0.25, 0.3) is 0 Å². The van der Waals surface area contributed by atoms with Crippen molar-refractivity contribution in [1.29, 1.82) is 0 Å². The maximum Gasteiger partial charge on any atom is 0.220 e. The number of hydrogen-bond donors (Lipinski definition) is 1. The Morgan fingerprint density at radius 1 is 1.19 bits per heavy atom. The van der Waals surface area contributed by atoms with Crippen LogP contribution in [0.4, 0.5) is 4.39 Å². The van der Waals surface area contributed by atoms with Crippen LogP contribution < -0.4 is 5.32 Å². The van der Waals surface area contributed by atoms with Gasteiger partial charge in [0, 0.05) is 31.6 Å². The maximum atomic E-state index is 13.1. The highest BCUT2D eigenvalue weighted by molar-refractivity contribution is 5.76. The SMILES string of the molecule is CC(CC(=O)NCC1(N2CCOCC2)CCCCC1)c1ccc(F)cc1. The first-order chi connectivity index (χ1) is 12.6. The van der Waals surface area contributed by atoms with Crippen LogP contribution >= 0.6 is 0 Å². The van der Waals surface area contributed by atoms with E-state index < -0.39 is 0 Å². The largest absolute Gasteiger partial charge is 0.379 e. The summed E-state index contributed by atoms with van der Waals surface area (Å²) < 4.78 is 18.6. The molecule has 3 rings (SSSR count). The van der Waals surface area contributed by atoms with E-state index in [9.17, 15) is 9.18 Å². The van der Waals surface area contributed by atoms with E-state index in [0.29, 0.717) is 6.42 Å². The van der Waals surface area contributed by atoms with Gasteiger partial charge in [0.15, 0.2) is 0 Å². The molecule has 1 heterocycles. The molecule has 1 aromatic carbocycles. The summed E-state index contributed by atoms with van der Waals surface area (Å²) in [4.78, 5) is 15.1. The lowest BCUT2D eigenvalue weighted by Gasteiger charge is -2.48. The molecule has 0 aromatic heterocycles. The average molecular weight is 362 g/mol. The molecule has 1 aromatic rings. The molecule has 1 N–H and O–H groups in total. The van der Waals surface area contributed by atoms with Crippen molar-refractivity contribution in [3.05, 3.63) is 35.6 Å². The van der Waals surface area contributed by atoms with Gasteiger partial charge in [0.1, 0.15) is 5.82 Å². The molecule has 2 aliphatic rings. The molecule has 1 amide bonds. The van der Waals surface area contributed by atoms with E-state index in [0.717, 1.165) is 51.3 Å². The van der Waals surface area contributed by atoms with Crippen molar-refractivity contribution >= 4 is 5.91 Å². The van der Waals surface area contributed by atoms with Crippen molar-refractivity contribution in [1.82, 2.24) is 10.2 Å². The highest BCUT2D eigenvalue weighted by atomic mass is 19.1. The molecule has 26 heavy (non-hydrogen) atoms. The highest BCUT2D eigenvalue weighted by Crippen LogP contribution is 2.34. The molecule has 1 aliphatic heterocycles. The van der Waals surface area contributed by atoms with Crippen LogP contribution in [0.15, 0.2) is 24.3 Å². The molecule has 5 heteroatoms. The maximum absolute atomic E-state index is 13.1. The molecule has 1 saturated heterocycles. The Labute approximate surface area is 156 Å². The smallest absolute Gasteiger partial charge is 0.220 e. The zero-order valence-electron chi connectivity index (χ0n) is 15.8. The normalized spacial score (nSPS) is 21.9. The topological polar surface area (TPSA) is 41.6 Å². The zero-order chi connectivity index (χ0) is 18.4. The summed E-state index contributed by atoms with van der Waals surface area (Å²) in [5.41, 5.74) is 1.10. The van der Waals surface area contributed by atoms with Crippen molar-refractivity contribution in [2.75, 3.05) is 32.8 Å². The first-order valence-electron chi connectivity index (χ1n) is 9.94. The van der Waals surface area contributed by atoms with E-state index in [1.165, 1.54) is 31.4 Å². The second kappa shape index (κ2) is 8.96. The zero-order valence-corrected chi connectivity index (χ0v) is 15.8. The first kappa shape index (κ1) is 19.3. The van der Waals surface area contributed by atoms with Gasteiger partial charge in [-0.3, -0.25) is 9.69 Å². The number of carbonyl (C=O) groups is 1. The average Bonchev–Trinajstić information content (AvgIpc) is 2.68. The van der Waals surface area contributed by atoms with Crippen molar-refractivity contribution in [2.45, 2.75) is 56.9 Å². The highest BCUT2D eigenvalue weighted by Gasteiger charge is 2.38. The van der Waals surface area contributed by atoms with Crippen LogP contribution in [0.25, 0.3) is 0 Å². The number of ether oxygens (including phenoxy) is 1. The van der Waals surface area contributed by atoms with E-state index in [1.807, 2.05) is 6.92 Å². The summed E-state index contributed by atoms with van der Waals surface area (Å²) in [5.74, 6) is -0.0727. The summed E-state index contributed by atoms with van der Waals surface area (Å²) in [6, 6.07) is 6.45. The van der Waals surface area contributed by atoms with Crippen LogP contribution in [-0.4, -0.2) is 49.2 Å². The summed E-state index contributed by atoms with van der Waals surface area (Å²) >= 11 is 0. The Balaban J connectivity index is 1.56. The van der Waals surface area contributed by atoms with Gasteiger partial charge in [0.2, 0.25) is 5.91 Å². The predicted molar refractivity (Wildman–Crippen MR) is 101 cm³/mol. The van der Waals surface area contributed by atoms with Gasteiger partial charge in [0.05, 0.1) is 13.2 Å². The molecular weight excluding hydrogens is 331 g/mol. The van der Waals surface area contributed by atoms with Gasteiger partial charge in [-0.05, 0) is 36.5 Å². The Morgan fingerprint density at radius 2 is 1.85 bits per heavy atom. The van der Waals surface area contributed by atoms with Gasteiger partial charge in [-0.1, -0.05) is 38.3 Å². The van der Waals surface area contributed by atoms with Gasteiger partial charge in [-0.25, -0.2) is 4.39 Å². The van der Waals surface area contributed by atoms with E-state index in [4.69, 9.17) is 4.74 Å². The van der Waals surface area contributed by atoms with Crippen molar-refractivity contribution in [3.8, 4) is 0 Å². The molecular formula is C21H31FN2O2. The van der Waals surface area contributed by atoms with Crippen LogP contribution in [-0.2, 0) is 9.53 Å². The number of halogens is 1. The first-order valence-corrected chi connectivity index (χ1v) is 9.94. The summed E-state index contributed by atoms with van der Waals surface area (Å²) in [7, 11) is 0. The van der Waals surface area contributed by atoms with Crippen LogP contribution in [0.1, 0.15) is 56.9 Å². The molecule has 144 valence electrons. The van der Waals surface area contributed by atoms with Crippen molar-refractivity contribution in [3.63, 3.8) is 0 Å². The second-order valence-corrected chi connectivity index (χ2v) is 7.82. The predicted octanol–water partition coefficient (Wildman–Crippen LogP) is 3.47. The minimum absolute atomic E-state index is 0.0834. The minimum Gasteiger partial charge on any atom is -0.379 e. The van der Waals surface area contributed by atoms with Crippen molar-refractivity contribution in [2.24, 2.45) is 0 Å². The minimum atomic E-state index is -0.241. The van der Waals surface area contributed by atoms with E-state index in [1.54, 1.807) is 12.1 Å². The third-order valence-electron chi connectivity index (χ3n) is 6.01. The van der Waals surface area contributed by atoms with E-state index in [-0.39, 0.29) is 23.2 Å². The second-order valence-electron chi connectivity index (χ2n) is 7.82. The number of amides is 1. The van der Waals surface area contributed by atoms with E-state index >= 15 is 0 Å². The number of morpholine rings is 1. The Morgan fingerprint density at radius 3 is 2.50 bits per heavy atom. The molecule has 2 fully saturated rings. The monoisotopic (exact) mass is 362 g/mol. The number of nitrogens with one attached hydrogen (secondary N) is 1. The Hall–Kier alpha value is -1.46. The lowest BCUT2D eigenvalue weighted by molar-refractivity contribution is -0.122. The number of benzene rings is 1. The molecule has 1 saturated carbocycles. The number of rotatable bonds is 6. The van der Waals surface area contributed by atoms with Crippen LogP contribution in [0.5, 0.6) is 0 Å². The standard InChI is InChI=1S/C21H31FN2O2/c1-17(18-5-7-19(22)8-6-18)15-20(25)23-16-21(9-3-2-4-10-21)24-11-13-26-14-12-24/h5-8,17H,2-4,9-16H2,1H3,(H,23,25). The quantitative estimate of drug-likeness (QED) is 0.842. The lowest BCUT2D eigenvalue weighted by Crippen LogP contribution is -2.59. The number of carbonyl (C=O) groups excluding carboxylic acids is 1. The molecule has 1 aliphatic carbocycles. The van der Waals surface area contributed by atoms with Crippen LogP contribution in [0.2, 0.25) is 0 Å². The van der Waals surface area contributed by atoms with Gasteiger partial charge in [-0.2, -0.15) is 0 Å². The lowest BCUT2D eigenvalue weighted by atomic mass is 9.79. The fraction of sp³-hybridized carbons (Fsp3) is 0.667. The molecule has 1 atom stereocenters. The van der Waals surface area contributed by atoms with Crippen molar-refractivity contribution < 1.29 is 13.9 Å². The summed E-state index contributed by atoms with van der Waals surface area (Å²) in [5, 5.41) is 3.21. The Bertz CT molecular complexity index is 578. The third-order valence-corrected chi connectivity index (χ3v) is 6.01. The Kier molecular flexibility index (Phi) is 6.65. The summed E-state index contributed by atoms with van der Waals surface area (Å²) in [6.45, 7) is 6.24. The van der Waals surface area contributed by atoms with E-state index in [2.05, 4.69) is 10.2 Å². The fourth-order valence-electron chi connectivity index (χ4n) is 4.37. The molecule has 0 bridgehead atoms. The molecule has 1 unspecified atom stereocenters. The van der Waals surface area contributed by atoms with Crippen LogP contribution in [0.3, 0.4) is 0 Å². The van der Waals surface area contributed by atoms with Gasteiger partial charge < -0.3 is 10.1 Å². The molecule has 0 spiro atoms. The summed E-state index contributed by atoms with van der Waals surface area (Å²) in [6.07, 6.45) is 6.51. The van der Waals surface area contributed by atoms with Gasteiger partial charge in [-0.15, -0.1) is 0 Å². The van der Waals surface area contributed by atoms with Crippen LogP contribution in [0, 0.1) is 5.82 Å². The number of nitrogens with zero attached hydrogens (tertiary/aromatic N) is 1.